The quantitative estimate of drug-likeness (QED) is 0.913. The Morgan fingerprint density at radius 1 is 1.35 bits per heavy atom. The molecule has 1 saturated carbocycles. The van der Waals surface area contributed by atoms with E-state index in [4.69, 9.17) is 4.74 Å². The minimum atomic E-state index is 0.0622. The zero-order valence-corrected chi connectivity index (χ0v) is 12.7. The van der Waals surface area contributed by atoms with Crippen LogP contribution in [-0.4, -0.2) is 19.1 Å². The van der Waals surface area contributed by atoms with Crippen molar-refractivity contribution >= 4 is 5.91 Å². The third kappa shape index (κ3) is 3.75. The van der Waals surface area contributed by atoms with Crippen molar-refractivity contribution in [3.05, 3.63) is 29.8 Å². The number of methoxy groups -OCH3 is 1. The lowest BCUT2D eigenvalue weighted by atomic mass is 9.81. The van der Waals surface area contributed by atoms with E-state index in [0.717, 1.165) is 18.6 Å². The Kier molecular flexibility index (Phi) is 5.05. The zero-order chi connectivity index (χ0) is 14.5. The summed E-state index contributed by atoms with van der Waals surface area (Å²) in [5, 5.41) is 3.18. The molecular formula is C17H25NO2. The Labute approximate surface area is 121 Å². The molecule has 0 spiro atoms. The Bertz CT molecular complexity index is 456. The van der Waals surface area contributed by atoms with Crippen molar-refractivity contribution in [1.29, 1.82) is 0 Å². The van der Waals surface area contributed by atoms with Crippen molar-refractivity contribution in [2.45, 2.75) is 51.5 Å². The average Bonchev–Trinajstić information content (AvgIpc) is 2.47. The van der Waals surface area contributed by atoms with Gasteiger partial charge in [0.2, 0.25) is 5.91 Å². The first-order chi connectivity index (χ1) is 9.60. The molecule has 110 valence electrons. The van der Waals surface area contributed by atoms with E-state index in [9.17, 15) is 4.79 Å². The molecule has 0 aliphatic heterocycles. The van der Waals surface area contributed by atoms with Crippen LogP contribution in [-0.2, 0) is 4.79 Å². The summed E-state index contributed by atoms with van der Waals surface area (Å²) >= 11 is 0. The molecule has 1 aliphatic rings. The van der Waals surface area contributed by atoms with Crippen LogP contribution in [0, 0.1) is 5.92 Å². The largest absolute Gasteiger partial charge is 0.497 e. The smallest absolute Gasteiger partial charge is 0.222 e. The fourth-order valence-electron chi connectivity index (χ4n) is 2.89. The van der Waals surface area contributed by atoms with Crippen LogP contribution in [0.1, 0.15) is 51.0 Å². The molecule has 2 rings (SSSR count). The van der Waals surface area contributed by atoms with E-state index in [1.165, 1.54) is 18.4 Å². The van der Waals surface area contributed by atoms with Gasteiger partial charge in [0.15, 0.2) is 0 Å². The fourth-order valence-corrected chi connectivity index (χ4v) is 2.89. The summed E-state index contributed by atoms with van der Waals surface area (Å²) in [4.78, 5) is 11.8. The standard InChI is InChI=1S/C17H25NO2/c1-12(2)17(19)18-15-8-4-6-13(10-15)14-7-5-9-16(11-14)20-3/h5,7,9,11-13,15H,4,6,8,10H2,1-3H3,(H,18,19). The molecule has 1 aromatic carbocycles. The van der Waals surface area contributed by atoms with Crippen molar-refractivity contribution in [3.63, 3.8) is 0 Å². The van der Waals surface area contributed by atoms with Gasteiger partial charge in [0.25, 0.3) is 0 Å². The SMILES string of the molecule is COc1cccc(C2CCCC(NC(=O)C(C)C)C2)c1. The lowest BCUT2D eigenvalue weighted by Crippen LogP contribution is -2.40. The average molecular weight is 275 g/mol. The number of hydrogen-bond acceptors (Lipinski definition) is 2. The molecule has 0 radical (unpaired) electrons. The maximum atomic E-state index is 11.8. The molecule has 3 nitrogen and oxygen atoms in total. The van der Waals surface area contributed by atoms with E-state index < -0.39 is 0 Å². The first-order valence-corrected chi connectivity index (χ1v) is 7.54. The van der Waals surface area contributed by atoms with E-state index in [2.05, 4.69) is 17.4 Å². The summed E-state index contributed by atoms with van der Waals surface area (Å²) in [7, 11) is 1.70. The summed E-state index contributed by atoms with van der Waals surface area (Å²) in [5.74, 6) is 1.67. The van der Waals surface area contributed by atoms with Gasteiger partial charge < -0.3 is 10.1 Å². The zero-order valence-electron chi connectivity index (χ0n) is 12.7. The van der Waals surface area contributed by atoms with E-state index in [1.807, 2.05) is 26.0 Å². The number of amides is 1. The molecule has 1 N–H and O–H groups in total. The first kappa shape index (κ1) is 14.9. The predicted molar refractivity (Wildman–Crippen MR) is 81.0 cm³/mol. The number of ether oxygens (including phenoxy) is 1. The Balaban J connectivity index is 2.00. The second-order valence-electron chi connectivity index (χ2n) is 6.00. The molecule has 1 aliphatic carbocycles. The highest BCUT2D eigenvalue weighted by Crippen LogP contribution is 2.34. The van der Waals surface area contributed by atoms with Gasteiger partial charge in [-0.05, 0) is 42.9 Å². The second kappa shape index (κ2) is 6.78. The highest BCUT2D eigenvalue weighted by molar-refractivity contribution is 5.78. The topological polar surface area (TPSA) is 38.3 Å². The van der Waals surface area contributed by atoms with Gasteiger partial charge in [0.1, 0.15) is 5.75 Å². The van der Waals surface area contributed by atoms with Crippen LogP contribution < -0.4 is 10.1 Å². The van der Waals surface area contributed by atoms with Crippen molar-refractivity contribution in [3.8, 4) is 5.75 Å². The molecule has 0 aromatic heterocycles. The molecule has 1 fully saturated rings. The molecule has 3 heteroatoms. The highest BCUT2D eigenvalue weighted by Gasteiger charge is 2.25. The number of benzene rings is 1. The summed E-state index contributed by atoms with van der Waals surface area (Å²) < 4.78 is 5.30. The third-order valence-corrected chi connectivity index (χ3v) is 4.11. The van der Waals surface area contributed by atoms with E-state index >= 15 is 0 Å². The second-order valence-corrected chi connectivity index (χ2v) is 6.00. The summed E-state index contributed by atoms with van der Waals surface area (Å²) in [6, 6.07) is 8.63. The molecule has 1 amide bonds. The van der Waals surface area contributed by atoms with Gasteiger partial charge in [0.05, 0.1) is 7.11 Å². The van der Waals surface area contributed by atoms with E-state index in [1.54, 1.807) is 7.11 Å². The molecule has 2 atom stereocenters. The Hall–Kier alpha value is -1.51. The molecule has 1 aromatic rings. The van der Waals surface area contributed by atoms with Gasteiger partial charge in [0, 0.05) is 12.0 Å². The van der Waals surface area contributed by atoms with Crippen LogP contribution in [0.15, 0.2) is 24.3 Å². The van der Waals surface area contributed by atoms with Crippen LogP contribution in [0.3, 0.4) is 0 Å². The van der Waals surface area contributed by atoms with Crippen LogP contribution >= 0.6 is 0 Å². The van der Waals surface area contributed by atoms with Crippen molar-refractivity contribution < 1.29 is 9.53 Å². The number of hydrogen-bond donors (Lipinski definition) is 1. The van der Waals surface area contributed by atoms with Crippen molar-refractivity contribution in [2.75, 3.05) is 7.11 Å². The number of nitrogens with one attached hydrogen (secondary N) is 1. The van der Waals surface area contributed by atoms with Crippen molar-refractivity contribution in [1.82, 2.24) is 5.32 Å². The number of carbonyl (C=O) groups excluding carboxylic acids is 1. The molecular weight excluding hydrogens is 250 g/mol. The van der Waals surface area contributed by atoms with E-state index in [-0.39, 0.29) is 11.8 Å². The van der Waals surface area contributed by atoms with Crippen molar-refractivity contribution in [2.24, 2.45) is 5.92 Å². The monoisotopic (exact) mass is 275 g/mol. The van der Waals surface area contributed by atoms with Gasteiger partial charge in [-0.1, -0.05) is 32.4 Å². The van der Waals surface area contributed by atoms with Crippen LogP contribution in [0.25, 0.3) is 0 Å². The fraction of sp³-hybridized carbons (Fsp3) is 0.588. The van der Waals surface area contributed by atoms with Gasteiger partial charge in [-0.3, -0.25) is 4.79 Å². The predicted octanol–water partition coefficient (Wildman–Crippen LogP) is 3.49. The molecule has 2 unspecified atom stereocenters. The molecule has 0 saturated heterocycles. The summed E-state index contributed by atoms with van der Waals surface area (Å²) in [5.41, 5.74) is 1.33. The minimum absolute atomic E-state index is 0.0622. The number of carbonyl (C=O) groups is 1. The van der Waals surface area contributed by atoms with Gasteiger partial charge >= 0.3 is 0 Å². The lowest BCUT2D eigenvalue weighted by Gasteiger charge is -2.30. The summed E-state index contributed by atoms with van der Waals surface area (Å²) in [6.45, 7) is 3.88. The maximum absolute atomic E-state index is 11.8. The lowest BCUT2D eigenvalue weighted by molar-refractivity contribution is -0.124. The van der Waals surface area contributed by atoms with Gasteiger partial charge in [-0.15, -0.1) is 0 Å². The maximum Gasteiger partial charge on any atom is 0.222 e. The summed E-state index contributed by atoms with van der Waals surface area (Å²) in [6.07, 6.45) is 4.50. The van der Waals surface area contributed by atoms with E-state index in [0.29, 0.717) is 12.0 Å². The van der Waals surface area contributed by atoms with Crippen LogP contribution in [0.5, 0.6) is 5.75 Å². The molecule has 20 heavy (non-hydrogen) atoms. The first-order valence-electron chi connectivity index (χ1n) is 7.54. The highest BCUT2D eigenvalue weighted by atomic mass is 16.5. The third-order valence-electron chi connectivity index (χ3n) is 4.11. The Morgan fingerprint density at radius 2 is 2.15 bits per heavy atom. The molecule has 0 bridgehead atoms. The van der Waals surface area contributed by atoms with Gasteiger partial charge in [-0.2, -0.15) is 0 Å². The number of rotatable bonds is 4. The van der Waals surface area contributed by atoms with Gasteiger partial charge in [-0.25, -0.2) is 0 Å². The minimum Gasteiger partial charge on any atom is -0.497 e. The Morgan fingerprint density at radius 3 is 2.85 bits per heavy atom. The van der Waals surface area contributed by atoms with Crippen LogP contribution in [0.4, 0.5) is 0 Å². The van der Waals surface area contributed by atoms with Crippen LogP contribution in [0.2, 0.25) is 0 Å². The molecule has 0 heterocycles. The normalized spacial score (nSPS) is 22.6.